The largest absolute Gasteiger partial charge is 0.433 e. The van der Waals surface area contributed by atoms with Crippen LogP contribution in [0.5, 0.6) is 0 Å². The predicted molar refractivity (Wildman–Crippen MR) is 85.1 cm³/mol. The Balaban J connectivity index is 2.00. The maximum Gasteiger partial charge on any atom is 0.433 e. The highest BCUT2D eigenvalue weighted by atomic mass is 32.2. The molecule has 3 heterocycles. The van der Waals surface area contributed by atoms with E-state index in [9.17, 15) is 21.6 Å². The molecule has 3 rings (SSSR count). The van der Waals surface area contributed by atoms with E-state index in [1.54, 1.807) is 0 Å². The van der Waals surface area contributed by atoms with Crippen LogP contribution in [0.4, 0.5) is 13.2 Å². The molecule has 0 amide bonds. The number of hydrogen-bond acceptors (Lipinski definition) is 6. The van der Waals surface area contributed by atoms with Gasteiger partial charge in [0.15, 0.2) is 9.84 Å². The van der Waals surface area contributed by atoms with Crippen molar-refractivity contribution in [2.24, 2.45) is 0 Å². The lowest BCUT2D eigenvalue weighted by molar-refractivity contribution is -0.141. The summed E-state index contributed by atoms with van der Waals surface area (Å²) < 4.78 is 63.3. The standard InChI is InChI=1S/C15H12F3N5O2S/c1-2-26(24,25)12-4-3-7-19-14(12)11-9-23(22-21-11)10-5-6-13(20-8-10)15(16,17)18/h3-9H,2H2,1H3. The van der Waals surface area contributed by atoms with Crippen molar-refractivity contribution in [3.05, 3.63) is 48.5 Å². The van der Waals surface area contributed by atoms with Gasteiger partial charge in [-0.1, -0.05) is 12.1 Å². The first-order chi connectivity index (χ1) is 12.2. The lowest BCUT2D eigenvalue weighted by Gasteiger charge is -2.06. The molecule has 0 aliphatic rings. The Kier molecular flexibility index (Phi) is 4.48. The molecular formula is C15H12F3N5O2S. The molecule has 3 aromatic rings. The summed E-state index contributed by atoms with van der Waals surface area (Å²) in [7, 11) is -3.53. The molecule has 0 radical (unpaired) electrons. The molecule has 3 aromatic heterocycles. The summed E-state index contributed by atoms with van der Waals surface area (Å²) in [4.78, 5) is 7.42. The molecule has 0 aliphatic heterocycles. The van der Waals surface area contributed by atoms with Crippen LogP contribution in [0, 0.1) is 0 Å². The number of aromatic nitrogens is 5. The third-order valence-corrected chi connectivity index (χ3v) is 5.28. The summed E-state index contributed by atoms with van der Waals surface area (Å²) in [5.74, 6) is -0.108. The van der Waals surface area contributed by atoms with Gasteiger partial charge in [-0.2, -0.15) is 13.2 Å². The van der Waals surface area contributed by atoms with Gasteiger partial charge in [0.25, 0.3) is 0 Å². The molecule has 7 nitrogen and oxygen atoms in total. The average molecular weight is 383 g/mol. The molecule has 136 valence electrons. The fourth-order valence-corrected chi connectivity index (χ4v) is 3.23. The van der Waals surface area contributed by atoms with Crippen molar-refractivity contribution in [2.75, 3.05) is 5.75 Å². The van der Waals surface area contributed by atoms with Gasteiger partial charge in [0, 0.05) is 6.20 Å². The van der Waals surface area contributed by atoms with Crippen molar-refractivity contribution in [1.29, 1.82) is 0 Å². The van der Waals surface area contributed by atoms with Gasteiger partial charge in [-0.15, -0.1) is 5.10 Å². The summed E-state index contributed by atoms with van der Waals surface area (Å²) in [6.07, 6.45) is -0.739. The second-order valence-electron chi connectivity index (χ2n) is 5.20. The van der Waals surface area contributed by atoms with Gasteiger partial charge < -0.3 is 0 Å². The number of rotatable bonds is 4. The zero-order valence-corrected chi connectivity index (χ0v) is 14.2. The van der Waals surface area contributed by atoms with Gasteiger partial charge >= 0.3 is 6.18 Å². The summed E-state index contributed by atoms with van der Waals surface area (Å²) >= 11 is 0. The number of pyridine rings is 2. The van der Waals surface area contributed by atoms with Crippen molar-refractivity contribution in [2.45, 2.75) is 18.0 Å². The Morgan fingerprint density at radius 2 is 1.92 bits per heavy atom. The van der Waals surface area contributed by atoms with E-state index in [-0.39, 0.29) is 27.7 Å². The highest BCUT2D eigenvalue weighted by Crippen LogP contribution is 2.28. The Morgan fingerprint density at radius 1 is 1.15 bits per heavy atom. The normalized spacial score (nSPS) is 12.3. The Bertz CT molecular complexity index is 1030. The Labute approximate surface area is 146 Å². The van der Waals surface area contributed by atoms with Crippen molar-refractivity contribution in [3.63, 3.8) is 0 Å². The van der Waals surface area contributed by atoms with Gasteiger partial charge in [-0.25, -0.2) is 18.1 Å². The highest BCUT2D eigenvalue weighted by molar-refractivity contribution is 7.91. The fraction of sp³-hybridized carbons (Fsp3) is 0.200. The molecule has 0 spiro atoms. The third kappa shape index (κ3) is 3.43. The molecule has 26 heavy (non-hydrogen) atoms. The fourth-order valence-electron chi connectivity index (χ4n) is 2.18. The minimum Gasteiger partial charge on any atom is -0.253 e. The van der Waals surface area contributed by atoms with Gasteiger partial charge in [-0.3, -0.25) is 4.98 Å². The molecule has 0 aromatic carbocycles. The van der Waals surface area contributed by atoms with Crippen LogP contribution >= 0.6 is 0 Å². The number of halogens is 3. The molecule has 0 bridgehead atoms. The Morgan fingerprint density at radius 3 is 2.54 bits per heavy atom. The summed E-state index contributed by atoms with van der Waals surface area (Å²) in [5, 5.41) is 7.69. The van der Waals surface area contributed by atoms with Crippen molar-refractivity contribution >= 4 is 9.84 Å². The average Bonchev–Trinajstić information content (AvgIpc) is 3.11. The molecule has 0 unspecified atom stereocenters. The quantitative estimate of drug-likeness (QED) is 0.688. The second kappa shape index (κ2) is 6.48. The van der Waals surface area contributed by atoms with Crippen LogP contribution in [-0.4, -0.2) is 39.1 Å². The van der Waals surface area contributed by atoms with Crippen LogP contribution in [-0.2, 0) is 16.0 Å². The zero-order chi connectivity index (χ0) is 18.9. The second-order valence-corrected chi connectivity index (χ2v) is 7.45. The SMILES string of the molecule is CCS(=O)(=O)c1cccnc1-c1cn(-c2ccc(C(F)(F)F)nc2)nn1. The minimum atomic E-state index is -4.54. The van der Waals surface area contributed by atoms with E-state index in [2.05, 4.69) is 20.3 Å². The van der Waals surface area contributed by atoms with Gasteiger partial charge in [0.05, 0.1) is 28.7 Å². The molecular weight excluding hydrogens is 371 g/mol. The zero-order valence-electron chi connectivity index (χ0n) is 13.3. The summed E-state index contributed by atoms with van der Waals surface area (Å²) in [6.45, 7) is 1.51. The molecule has 0 atom stereocenters. The lowest BCUT2D eigenvalue weighted by Crippen LogP contribution is -2.08. The van der Waals surface area contributed by atoms with Crippen molar-refractivity contribution in [1.82, 2.24) is 25.0 Å². The maximum atomic E-state index is 12.6. The summed E-state index contributed by atoms with van der Waals surface area (Å²) in [6, 6.07) is 4.93. The third-order valence-electron chi connectivity index (χ3n) is 3.52. The van der Waals surface area contributed by atoms with Crippen LogP contribution in [0.2, 0.25) is 0 Å². The van der Waals surface area contributed by atoms with Crippen LogP contribution < -0.4 is 0 Å². The van der Waals surface area contributed by atoms with E-state index in [0.717, 1.165) is 12.3 Å². The van der Waals surface area contributed by atoms with Crippen molar-refractivity contribution in [3.8, 4) is 17.1 Å². The first-order valence-electron chi connectivity index (χ1n) is 7.36. The van der Waals surface area contributed by atoms with Gasteiger partial charge in [-0.05, 0) is 24.3 Å². The smallest absolute Gasteiger partial charge is 0.253 e. The van der Waals surface area contributed by atoms with Crippen molar-refractivity contribution < 1.29 is 21.6 Å². The Hall–Kier alpha value is -2.82. The highest BCUT2D eigenvalue weighted by Gasteiger charge is 2.32. The van der Waals surface area contributed by atoms with Crippen LogP contribution in [0.15, 0.2) is 47.8 Å². The van der Waals surface area contributed by atoms with E-state index < -0.39 is 21.7 Å². The van der Waals surface area contributed by atoms with Gasteiger partial charge in [0.2, 0.25) is 0 Å². The molecule has 0 aliphatic carbocycles. The predicted octanol–water partition coefficient (Wildman–Crippen LogP) is 2.54. The maximum absolute atomic E-state index is 12.6. The van der Waals surface area contributed by atoms with E-state index in [4.69, 9.17) is 0 Å². The van der Waals surface area contributed by atoms with E-state index in [1.165, 1.54) is 42.2 Å². The van der Waals surface area contributed by atoms with Crippen LogP contribution in [0.3, 0.4) is 0 Å². The molecule has 0 saturated carbocycles. The van der Waals surface area contributed by atoms with Crippen LogP contribution in [0.25, 0.3) is 17.1 Å². The lowest BCUT2D eigenvalue weighted by atomic mass is 10.3. The van der Waals surface area contributed by atoms with E-state index >= 15 is 0 Å². The molecule has 11 heteroatoms. The first kappa shape index (κ1) is 18.0. The van der Waals surface area contributed by atoms with E-state index in [1.807, 2.05) is 0 Å². The monoisotopic (exact) mass is 383 g/mol. The minimum absolute atomic E-state index is 0.0140. The number of alkyl halides is 3. The number of hydrogen-bond donors (Lipinski definition) is 0. The topological polar surface area (TPSA) is 90.6 Å². The number of nitrogens with zero attached hydrogens (tertiary/aromatic N) is 5. The first-order valence-corrected chi connectivity index (χ1v) is 9.01. The van der Waals surface area contributed by atoms with Gasteiger partial charge in [0.1, 0.15) is 17.1 Å². The molecule has 0 N–H and O–H groups in total. The molecule has 0 saturated heterocycles. The molecule has 0 fully saturated rings. The van der Waals surface area contributed by atoms with Crippen LogP contribution in [0.1, 0.15) is 12.6 Å². The summed E-state index contributed by atoms with van der Waals surface area (Å²) in [5.41, 5.74) is -0.479. The number of sulfone groups is 1. The van der Waals surface area contributed by atoms with E-state index in [0.29, 0.717) is 0 Å².